The van der Waals surface area contributed by atoms with Crippen LogP contribution in [0, 0.1) is 0 Å². The topological polar surface area (TPSA) is 72.3 Å². The summed E-state index contributed by atoms with van der Waals surface area (Å²) in [6.45, 7) is 2.33. The van der Waals surface area contributed by atoms with Crippen molar-refractivity contribution in [3.63, 3.8) is 0 Å². The van der Waals surface area contributed by atoms with Gasteiger partial charge in [0.2, 0.25) is 5.13 Å². The SMILES string of the molecule is CCOc1ccc(N=Cc2c(C(F)(F)F)[nH]n(-c3nc4ccccc4s3)c2=O)cc1. The van der Waals surface area contributed by atoms with Gasteiger partial charge in [-0.25, -0.2) is 4.98 Å². The van der Waals surface area contributed by atoms with E-state index in [2.05, 4.69) is 15.1 Å². The van der Waals surface area contributed by atoms with E-state index in [4.69, 9.17) is 4.74 Å². The van der Waals surface area contributed by atoms with Gasteiger partial charge in [0.1, 0.15) is 5.75 Å². The van der Waals surface area contributed by atoms with Crippen LogP contribution in [0.5, 0.6) is 5.75 Å². The van der Waals surface area contributed by atoms with Crippen LogP contribution in [-0.4, -0.2) is 27.6 Å². The number of aromatic nitrogens is 3. The van der Waals surface area contributed by atoms with Gasteiger partial charge in [-0.1, -0.05) is 23.5 Å². The molecular weight excluding hydrogens is 417 g/mol. The van der Waals surface area contributed by atoms with E-state index in [1.807, 2.05) is 6.92 Å². The fourth-order valence-electron chi connectivity index (χ4n) is 2.81. The Kier molecular flexibility index (Phi) is 5.17. The number of H-pyrrole nitrogens is 1. The lowest BCUT2D eigenvalue weighted by atomic mass is 10.2. The highest BCUT2D eigenvalue weighted by Crippen LogP contribution is 2.30. The van der Waals surface area contributed by atoms with Crippen molar-refractivity contribution < 1.29 is 17.9 Å². The lowest BCUT2D eigenvalue weighted by Gasteiger charge is -2.04. The fourth-order valence-corrected chi connectivity index (χ4v) is 3.74. The van der Waals surface area contributed by atoms with E-state index in [-0.39, 0.29) is 5.13 Å². The van der Waals surface area contributed by atoms with E-state index in [0.717, 1.165) is 26.9 Å². The minimum atomic E-state index is -4.76. The number of fused-ring (bicyclic) bond motifs is 1. The van der Waals surface area contributed by atoms with Crippen molar-refractivity contribution in [3.8, 4) is 10.9 Å². The summed E-state index contributed by atoms with van der Waals surface area (Å²) in [5, 5.41) is 2.26. The normalized spacial score (nSPS) is 12.1. The number of hydrogen-bond acceptors (Lipinski definition) is 5. The molecular formula is C20H15F3N4O2S. The van der Waals surface area contributed by atoms with Crippen LogP contribution in [0.15, 0.2) is 58.3 Å². The lowest BCUT2D eigenvalue weighted by Crippen LogP contribution is -2.17. The quantitative estimate of drug-likeness (QED) is 0.454. The first-order valence-corrected chi connectivity index (χ1v) is 9.73. The number of nitrogens with one attached hydrogen (secondary N) is 1. The van der Waals surface area contributed by atoms with Crippen molar-refractivity contribution in [1.29, 1.82) is 0 Å². The van der Waals surface area contributed by atoms with E-state index in [1.54, 1.807) is 48.5 Å². The minimum absolute atomic E-state index is 0.118. The van der Waals surface area contributed by atoms with Gasteiger partial charge in [-0.15, -0.1) is 0 Å². The Balaban J connectivity index is 1.76. The molecule has 0 atom stereocenters. The van der Waals surface area contributed by atoms with E-state index >= 15 is 0 Å². The molecule has 4 rings (SSSR count). The van der Waals surface area contributed by atoms with Crippen molar-refractivity contribution in [2.24, 2.45) is 4.99 Å². The summed E-state index contributed by atoms with van der Waals surface area (Å²) in [6.07, 6.45) is -3.84. The zero-order valence-electron chi connectivity index (χ0n) is 15.6. The molecule has 2 aromatic heterocycles. The number of para-hydroxylation sites is 1. The van der Waals surface area contributed by atoms with Crippen LogP contribution >= 0.6 is 11.3 Å². The summed E-state index contributed by atoms with van der Waals surface area (Å²) < 4.78 is 47.5. The molecule has 0 bridgehead atoms. The maximum Gasteiger partial charge on any atom is 0.433 e. The minimum Gasteiger partial charge on any atom is -0.494 e. The second-order valence-electron chi connectivity index (χ2n) is 6.19. The van der Waals surface area contributed by atoms with E-state index < -0.39 is 23.0 Å². The van der Waals surface area contributed by atoms with Crippen LogP contribution in [0.25, 0.3) is 15.3 Å². The molecule has 4 aromatic rings. The highest BCUT2D eigenvalue weighted by molar-refractivity contribution is 7.20. The number of ether oxygens (including phenoxy) is 1. The molecule has 30 heavy (non-hydrogen) atoms. The second-order valence-corrected chi connectivity index (χ2v) is 7.20. The molecule has 2 heterocycles. The maximum absolute atomic E-state index is 13.5. The van der Waals surface area contributed by atoms with E-state index in [1.165, 1.54) is 0 Å². The molecule has 0 fully saturated rings. The van der Waals surface area contributed by atoms with Crippen LogP contribution in [-0.2, 0) is 6.18 Å². The maximum atomic E-state index is 13.5. The van der Waals surface area contributed by atoms with Gasteiger partial charge in [0.05, 0.1) is 28.1 Å². The number of hydrogen-bond donors (Lipinski definition) is 1. The molecule has 0 aliphatic carbocycles. The molecule has 154 valence electrons. The summed E-state index contributed by atoms with van der Waals surface area (Å²) in [4.78, 5) is 21.0. The van der Waals surface area contributed by atoms with Crippen LogP contribution in [0.1, 0.15) is 18.2 Å². The molecule has 0 unspecified atom stereocenters. The zero-order valence-corrected chi connectivity index (χ0v) is 16.4. The molecule has 0 saturated heterocycles. The van der Waals surface area contributed by atoms with Crippen molar-refractivity contribution >= 4 is 33.5 Å². The Labute approximate surface area is 172 Å². The zero-order chi connectivity index (χ0) is 21.3. The molecule has 10 heteroatoms. The Bertz CT molecular complexity index is 1240. The summed E-state index contributed by atoms with van der Waals surface area (Å²) in [5.41, 5.74) is -1.66. The van der Waals surface area contributed by atoms with Gasteiger partial charge >= 0.3 is 6.18 Å². The first kappa shape index (κ1) is 19.9. The van der Waals surface area contributed by atoms with Gasteiger partial charge in [0.25, 0.3) is 5.56 Å². The Morgan fingerprint density at radius 1 is 1.20 bits per heavy atom. The Morgan fingerprint density at radius 3 is 2.60 bits per heavy atom. The molecule has 2 aromatic carbocycles. The van der Waals surface area contributed by atoms with Crippen molar-refractivity contribution in [2.45, 2.75) is 13.1 Å². The monoisotopic (exact) mass is 432 g/mol. The molecule has 1 N–H and O–H groups in total. The van der Waals surface area contributed by atoms with E-state index in [0.29, 0.717) is 23.6 Å². The molecule has 0 radical (unpaired) electrons. The van der Waals surface area contributed by atoms with Crippen LogP contribution < -0.4 is 10.3 Å². The number of aromatic amines is 1. The second kappa shape index (κ2) is 7.79. The highest BCUT2D eigenvalue weighted by Gasteiger charge is 2.38. The third kappa shape index (κ3) is 3.86. The molecule has 0 amide bonds. The molecule has 0 saturated carbocycles. The van der Waals surface area contributed by atoms with Gasteiger partial charge in [0.15, 0.2) is 5.69 Å². The van der Waals surface area contributed by atoms with Crippen molar-refractivity contribution in [1.82, 2.24) is 14.8 Å². The van der Waals surface area contributed by atoms with E-state index in [9.17, 15) is 18.0 Å². The average molecular weight is 432 g/mol. The lowest BCUT2D eigenvalue weighted by molar-refractivity contribution is -0.141. The number of benzene rings is 2. The van der Waals surface area contributed by atoms with Gasteiger partial charge in [-0.05, 0) is 43.3 Å². The Hall–Kier alpha value is -3.40. The number of thiazole rings is 1. The summed E-state index contributed by atoms with van der Waals surface area (Å²) >= 11 is 1.11. The van der Waals surface area contributed by atoms with Gasteiger partial charge in [-0.2, -0.15) is 17.9 Å². The van der Waals surface area contributed by atoms with Gasteiger partial charge < -0.3 is 4.74 Å². The third-order valence-corrected chi connectivity index (χ3v) is 5.20. The van der Waals surface area contributed by atoms with Crippen molar-refractivity contribution in [3.05, 3.63) is 70.1 Å². The molecule has 0 aliphatic rings. The van der Waals surface area contributed by atoms with Crippen molar-refractivity contribution in [2.75, 3.05) is 6.61 Å². The number of alkyl halides is 3. The predicted octanol–water partition coefficient (Wildman–Crippen LogP) is 4.94. The Morgan fingerprint density at radius 2 is 1.93 bits per heavy atom. The number of halogens is 3. The molecule has 0 aliphatic heterocycles. The first-order valence-electron chi connectivity index (χ1n) is 8.92. The largest absolute Gasteiger partial charge is 0.494 e. The van der Waals surface area contributed by atoms with Crippen LogP contribution in [0.3, 0.4) is 0 Å². The fraction of sp³-hybridized carbons (Fsp3) is 0.150. The van der Waals surface area contributed by atoms with Gasteiger partial charge in [-0.3, -0.25) is 14.9 Å². The summed E-state index contributed by atoms with van der Waals surface area (Å²) in [5.74, 6) is 0.618. The molecule has 6 nitrogen and oxygen atoms in total. The number of rotatable bonds is 5. The van der Waals surface area contributed by atoms with Crippen LogP contribution in [0.4, 0.5) is 18.9 Å². The predicted molar refractivity (Wildman–Crippen MR) is 109 cm³/mol. The number of aliphatic imine (C=N–C) groups is 1. The van der Waals surface area contributed by atoms with Crippen LogP contribution in [0.2, 0.25) is 0 Å². The van der Waals surface area contributed by atoms with Gasteiger partial charge in [0, 0.05) is 6.21 Å². The third-order valence-electron chi connectivity index (χ3n) is 4.17. The number of nitrogens with zero attached hydrogens (tertiary/aromatic N) is 3. The average Bonchev–Trinajstić information content (AvgIpc) is 3.28. The highest BCUT2D eigenvalue weighted by atomic mass is 32.1. The first-order chi connectivity index (χ1) is 14.4. The molecule has 0 spiro atoms. The smallest absolute Gasteiger partial charge is 0.433 e. The summed E-state index contributed by atoms with van der Waals surface area (Å²) in [7, 11) is 0. The standard InChI is InChI=1S/C20H15F3N4O2S/c1-2-29-13-9-7-12(8-10-13)24-11-14-17(20(21,22)23)26-27(18(14)28)19-25-15-5-3-4-6-16(15)30-19/h3-11,26H,2H2,1H3. The summed E-state index contributed by atoms with van der Waals surface area (Å²) in [6, 6.07) is 13.5.